The molecule has 8 heteroatoms. The van der Waals surface area contributed by atoms with Crippen molar-refractivity contribution >= 4 is 30.0 Å². The lowest BCUT2D eigenvalue weighted by molar-refractivity contribution is 0.0148. The van der Waals surface area contributed by atoms with E-state index < -0.39 is 0 Å². The van der Waals surface area contributed by atoms with Gasteiger partial charge in [-0.25, -0.2) is 4.79 Å². The van der Waals surface area contributed by atoms with E-state index in [4.69, 9.17) is 4.74 Å². The van der Waals surface area contributed by atoms with Crippen molar-refractivity contribution in [3.8, 4) is 11.3 Å². The lowest BCUT2D eigenvalue weighted by atomic mass is 9.78. The number of carbonyl (C=O) groups is 1. The van der Waals surface area contributed by atoms with Crippen LogP contribution in [0.2, 0.25) is 0 Å². The maximum absolute atomic E-state index is 12.4. The maximum atomic E-state index is 12.4. The number of rotatable bonds is 5. The quantitative estimate of drug-likeness (QED) is 0.591. The highest BCUT2D eigenvalue weighted by molar-refractivity contribution is 5.90. The Morgan fingerprint density at radius 3 is 2.71 bits per heavy atom. The zero-order valence-corrected chi connectivity index (χ0v) is 18.0. The summed E-state index contributed by atoms with van der Waals surface area (Å²) in [6.07, 6.45) is 6.98. The van der Waals surface area contributed by atoms with Gasteiger partial charge >= 0.3 is 6.09 Å². The summed E-state index contributed by atoms with van der Waals surface area (Å²) in [7, 11) is 0. The second kappa shape index (κ2) is 8.98. The van der Waals surface area contributed by atoms with Crippen LogP contribution in [0.5, 0.6) is 0 Å². The van der Waals surface area contributed by atoms with Gasteiger partial charge in [0.2, 0.25) is 0 Å². The lowest BCUT2D eigenvalue weighted by Gasteiger charge is -2.35. The standard InChI is InChI=1S/C23H25N5O2.ClH/c29-22-28(19-7-4-12-24-15-19)16-23(30-22)10-8-17(9-11-23)14-25-21-13-20(26-27-21)18-5-2-1-3-6-18;/h1-7,12-13,15,17H,8-11,14,16H2,(H2,25,26,27);1H/t17-,23-;. The van der Waals surface area contributed by atoms with Crippen molar-refractivity contribution in [3.63, 3.8) is 0 Å². The molecule has 0 bridgehead atoms. The summed E-state index contributed by atoms with van der Waals surface area (Å²) in [5.74, 6) is 1.41. The molecule has 0 atom stereocenters. The fraction of sp³-hybridized carbons (Fsp3) is 0.348. The predicted octanol–water partition coefficient (Wildman–Crippen LogP) is 4.89. The van der Waals surface area contributed by atoms with Crippen LogP contribution in [0.25, 0.3) is 11.3 Å². The fourth-order valence-electron chi connectivity index (χ4n) is 4.43. The molecule has 5 rings (SSSR count). The molecule has 162 valence electrons. The van der Waals surface area contributed by atoms with Crippen molar-refractivity contribution in [2.24, 2.45) is 5.92 Å². The van der Waals surface area contributed by atoms with Gasteiger partial charge in [0.25, 0.3) is 0 Å². The van der Waals surface area contributed by atoms with Crippen LogP contribution in [0.1, 0.15) is 25.7 Å². The zero-order valence-electron chi connectivity index (χ0n) is 17.2. The molecule has 1 spiro atoms. The van der Waals surface area contributed by atoms with E-state index in [9.17, 15) is 4.79 Å². The Kier molecular flexibility index (Phi) is 6.13. The normalized spacial score (nSPS) is 22.8. The van der Waals surface area contributed by atoms with Crippen LogP contribution in [0.4, 0.5) is 16.3 Å². The number of hydrogen-bond donors (Lipinski definition) is 2. The number of benzene rings is 1. The average Bonchev–Trinajstić information content (AvgIpc) is 3.39. The van der Waals surface area contributed by atoms with E-state index in [1.165, 1.54) is 0 Å². The topological polar surface area (TPSA) is 83.1 Å². The molecule has 2 aliphatic rings. The summed E-state index contributed by atoms with van der Waals surface area (Å²) in [5.41, 5.74) is 2.57. The van der Waals surface area contributed by atoms with Crippen LogP contribution >= 0.6 is 12.4 Å². The van der Waals surface area contributed by atoms with Crippen molar-refractivity contribution < 1.29 is 9.53 Å². The van der Waals surface area contributed by atoms with Crippen LogP contribution in [-0.4, -0.2) is 40.0 Å². The zero-order chi connectivity index (χ0) is 20.4. The van der Waals surface area contributed by atoms with E-state index in [2.05, 4.69) is 32.6 Å². The van der Waals surface area contributed by atoms with Crippen molar-refractivity contribution in [2.45, 2.75) is 31.3 Å². The molecule has 1 amide bonds. The van der Waals surface area contributed by atoms with Gasteiger partial charge in [-0.15, -0.1) is 12.4 Å². The van der Waals surface area contributed by atoms with Crippen LogP contribution in [-0.2, 0) is 4.74 Å². The first-order chi connectivity index (χ1) is 14.7. The number of nitrogens with zero attached hydrogens (tertiary/aromatic N) is 3. The Morgan fingerprint density at radius 1 is 1.16 bits per heavy atom. The molecule has 0 unspecified atom stereocenters. The number of H-pyrrole nitrogens is 1. The lowest BCUT2D eigenvalue weighted by Crippen LogP contribution is -2.39. The van der Waals surface area contributed by atoms with E-state index in [0.29, 0.717) is 12.5 Å². The molecule has 2 N–H and O–H groups in total. The molecule has 1 aromatic carbocycles. The van der Waals surface area contributed by atoms with Crippen LogP contribution in [0.3, 0.4) is 0 Å². The highest BCUT2D eigenvalue weighted by Crippen LogP contribution is 2.40. The predicted molar refractivity (Wildman–Crippen MR) is 123 cm³/mol. The van der Waals surface area contributed by atoms with E-state index >= 15 is 0 Å². The van der Waals surface area contributed by atoms with E-state index in [1.54, 1.807) is 17.3 Å². The molecule has 1 aliphatic carbocycles. The number of hydrogen-bond acceptors (Lipinski definition) is 5. The number of nitrogens with one attached hydrogen (secondary N) is 2. The van der Waals surface area contributed by atoms with Gasteiger partial charge in [-0.3, -0.25) is 15.0 Å². The molecule has 3 aromatic rings. The van der Waals surface area contributed by atoms with Gasteiger partial charge in [0.05, 0.1) is 24.1 Å². The summed E-state index contributed by atoms with van der Waals surface area (Å²) in [6, 6.07) is 16.0. The van der Waals surface area contributed by atoms with Crippen molar-refractivity contribution in [1.82, 2.24) is 15.2 Å². The third kappa shape index (κ3) is 4.51. The molecular formula is C23H26ClN5O2. The highest BCUT2D eigenvalue weighted by atomic mass is 35.5. The molecule has 31 heavy (non-hydrogen) atoms. The van der Waals surface area contributed by atoms with Gasteiger partial charge in [-0.2, -0.15) is 5.10 Å². The van der Waals surface area contributed by atoms with Gasteiger partial charge in [-0.05, 0) is 49.3 Å². The molecule has 7 nitrogen and oxygen atoms in total. The Morgan fingerprint density at radius 2 is 1.97 bits per heavy atom. The van der Waals surface area contributed by atoms with Crippen LogP contribution in [0.15, 0.2) is 60.9 Å². The minimum Gasteiger partial charge on any atom is -0.441 e. The molecule has 1 saturated carbocycles. The number of anilines is 2. The number of amides is 1. The smallest absolute Gasteiger partial charge is 0.415 e. The third-order valence-corrected chi connectivity index (χ3v) is 6.18. The summed E-state index contributed by atoms with van der Waals surface area (Å²) in [6.45, 7) is 1.48. The van der Waals surface area contributed by atoms with Gasteiger partial charge < -0.3 is 10.1 Å². The Balaban J connectivity index is 0.00000231. The first-order valence-corrected chi connectivity index (χ1v) is 10.5. The SMILES string of the molecule is Cl.O=C1O[C@]2(CC[C@H](CNc3cc(-c4ccccc4)[nH]n3)CC2)CN1c1cccnc1. The first-order valence-electron chi connectivity index (χ1n) is 10.5. The Hall–Kier alpha value is -3.06. The van der Waals surface area contributed by atoms with Crippen LogP contribution < -0.4 is 10.2 Å². The number of aromatic nitrogens is 3. The van der Waals surface area contributed by atoms with Gasteiger partial charge in [0.15, 0.2) is 0 Å². The number of pyridine rings is 1. The average molecular weight is 440 g/mol. The number of aromatic amines is 1. The maximum Gasteiger partial charge on any atom is 0.415 e. The molecule has 3 heterocycles. The molecule has 2 aromatic heterocycles. The molecular weight excluding hydrogens is 414 g/mol. The summed E-state index contributed by atoms with van der Waals surface area (Å²) < 4.78 is 5.84. The minimum atomic E-state index is -0.365. The summed E-state index contributed by atoms with van der Waals surface area (Å²) in [5, 5.41) is 10.9. The van der Waals surface area contributed by atoms with Gasteiger partial charge in [0, 0.05) is 18.8 Å². The third-order valence-electron chi connectivity index (χ3n) is 6.18. The van der Waals surface area contributed by atoms with Gasteiger partial charge in [0.1, 0.15) is 11.4 Å². The number of halogens is 1. The monoisotopic (exact) mass is 439 g/mol. The second-order valence-electron chi connectivity index (χ2n) is 8.21. The summed E-state index contributed by atoms with van der Waals surface area (Å²) >= 11 is 0. The summed E-state index contributed by atoms with van der Waals surface area (Å²) in [4.78, 5) is 18.2. The van der Waals surface area contributed by atoms with Crippen molar-refractivity contribution in [1.29, 1.82) is 0 Å². The van der Waals surface area contributed by atoms with Gasteiger partial charge in [-0.1, -0.05) is 30.3 Å². The fourth-order valence-corrected chi connectivity index (χ4v) is 4.43. The molecule has 2 fully saturated rings. The van der Waals surface area contributed by atoms with E-state index in [1.807, 2.05) is 36.4 Å². The largest absolute Gasteiger partial charge is 0.441 e. The number of ether oxygens (including phenoxy) is 1. The number of carbonyl (C=O) groups excluding carboxylic acids is 1. The van der Waals surface area contributed by atoms with Crippen LogP contribution in [0, 0.1) is 5.92 Å². The van der Waals surface area contributed by atoms with E-state index in [0.717, 1.165) is 55.0 Å². The Labute approximate surface area is 187 Å². The van der Waals surface area contributed by atoms with Crippen molar-refractivity contribution in [3.05, 3.63) is 60.9 Å². The first kappa shape index (κ1) is 21.2. The molecule has 1 aliphatic heterocycles. The highest BCUT2D eigenvalue weighted by Gasteiger charge is 2.47. The molecule has 0 radical (unpaired) electrons. The minimum absolute atomic E-state index is 0. The van der Waals surface area contributed by atoms with E-state index in [-0.39, 0.29) is 24.1 Å². The molecule has 1 saturated heterocycles. The Bertz CT molecular complexity index is 1000. The second-order valence-corrected chi connectivity index (χ2v) is 8.21. The van der Waals surface area contributed by atoms with Crippen molar-refractivity contribution in [2.75, 3.05) is 23.3 Å².